The lowest BCUT2D eigenvalue weighted by molar-refractivity contribution is 0.0939. The Morgan fingerprint density at radius 1 is 1.08 bits per heavy atom. The number of benzene rings is 2. The molecule has 2 aromatic carbocycles. The van der Waals surface area contributed by atoms with E-state index in [0.717, 1.165) is 73.7 Å². The average Bonchev–Trinajstić information content (AvgIpc) is 2.93. The third-order valence-corrected chi connectivity index (χ3v) is 7.37. The number of fused-ring (bicyclic) bond motifs is 2. The number of nitrogens with one attached hydrogen (secondary N) is 1. The van der Waals surface area contributed by atoms with E-state index in [2.05, 4.69) is 48.0 Å². The van der Waals surface area contributed by atoms with E-state index in [4.69, 9.17) is 14.5 Å². The van der Waals surface area contributed by atoms with Crippen LogP contribution in [0, 0.1) is 0 Å². The standard InChI is InChI=1S/C30H40N4O3/c1-6-33(7-2)15-10-11-21(3)31-30(35)25-19-29(32-26-13-9-8-12-24(25)26)34-16-14-22-17-27(36-4)28(37-5)18-23(22)20-34/h8-9,12-13,17-19,21H,6-7,10-11,14-16,20H2,1-5H3,(H,31,35). The molecule has 1 amide bonds. The van der Waals surface area contributed by atoms with Gasteiger partial charge in [-0.15, -0.1) is 0 Å². The van der Waals surface area contributed by atoms with Crippen LogP contribution in [0.3, 0.4) is 0 Å². The maximum absolute atomic E-state index is 13.5. The quantitative estimate of drug-likeness (QED) is 0.394. The van der Waals surface area contributed by atoms with E-state index in [-0.39, 0.29) is 11.9 Å². The van der Waals surface area contributed by atoms with Gasteiger partial charge in [0.15, 0.2) is 11.5 Å². The minimum atomic E-state index is -0.0426. The van der Waals surface area contributed by atoms with E-state index >= 15 is 0 Å². The molecule has 0 spiro atoms. The first-order valence-corrected chi connectivity index (χ1v) is 13.4. The van der Waals surface area contributed by atoms with Crippen LogP contribution in [-0.4, -0.2) is 62.2 Å². The summed E-state index contributed by atoms with van der Waals surface area (Å²) in [5, 5.41) is 4.12. The number of anilines is 1. The van der Waals surface area contributed by atoms with E-state index in [1.165, 1.54) is 11.1 Å². The maximum Gasteiger partial charge on any atom is 0.252 e. The molecule has 0 radical (unpaired) electrons. The highest BCUT2D eigenvalue weighted by atomic mass is 16.5. The van der Waals surface area contributed by atoms with Gasteiger partial charge in [-0.3, -0.25) is 4.79 Å². The SMILES string of the molecule is CCN(CC)CCCC(C)NC(=O)c1cc(N2CCc3cc(OC)c(OC)cc3C2)nc2ccccc12. The van der Waals surface area contributed by atoms with Gasteiger partial charge in [0.25, 0.3) is 5.91 Å². The van der Waals surface area contributed by atoms with Gasteiger partial charge in [-0.25, -0.2) is 4.98 Å². The van der Waals surface area contributed by atoms with E-state index in [1.807, 2.05) is 30.3 Å². The lowest BCUT2D eigenvalue weighted by atomic mass is 9.98. The molecule has 3 aromatic rings. The lowest BCUT2D eigenvalue weighted by Gasteiger charge is -2.31. The van der Waals surface area contributed by atoms with Gasteiger partial charge in [-0.1, -0.05) is 32.0 Å². The van der Waals surface area contributed by atoms with Crippen molar-refractivity contribution in [2.45, 2.75) is 52.6 Å². The second-order valence-electron chi connectivity index (χ2n) is 9.74. The molecule has 0 saturated heterocycles. The number of carbonyl (C=O) groups is 1. The van der Waals surface area contributed by atoms with Crippen molar-refractivity contribution in [1.29, 1.82) is 0 Å². The number of aromatic nitrogens is 1. The number of hydrogen-bond acceptors (Lipinski definition) is 6. The zero-order valence-corrected chi connectivity index (χ0v) is 22.8. The van der Waals surface area contributed by atoms with Gasteiger partial charge in [0.1, 0.15) is 5.82 Å². The summed E-state index contributed by atoms with van der Waals surface area (Å²) in [5.41, 5.74) is 3.95. The first kappa shape index (κ1) is 26.7. The van der Waals surface area contributed by atoms with Crippen molar-refractivity contribution in [2.75, 3.05) is 45.3 Å². The fraction of sp³-hybridized carbons (Fsp3) is 0.467. The van der Waals surface area contributed by atoms with Crippen LogP contribution in [0.2, 0.25) is 0 Å². The lowest BCUT2D eigenvalue weighted by Crippen LogP contribution is -2.34. The van der Waals surface area contributed by atoms with Gasteiger partial charge in [0, 0.05) is 24.5 Å². The summed E-state index contributed by atoms with van der Waals surface area (Å²) >= 11 is 0. The predicted molar refractivity (Wildman–Crippen MR) is 150 cm³/mol. The molecule has 0 bridgehead atoms. The van der Waals surface area contributed by atoms with Gasteiger partial charge in [0.05, 0.1) is 25.3 Å². The summed E-state index contributed by atoms with van der Waals surface area (Å²) in [6, 6.07) is 14.1. The molecule has 1 aromatic heterocycles. The Morgan fingerprint density at radius 3 is 2.49 bits per heavy atom. The molecule has 2 heterocycles. The van der Waals surface area contributed by atoms with Gasteiger partial charge >= 0.3 is 0 Å². The molecule has 4 rings (SSSR count). The smallest absolute Gasteiger partial charge is 0.252 e. The van der Waals surface area contributed by atoms with Crippen LogP contribution >= 0.6 is 0 Å². The molecule has 0 fully saturated rings. The van der Waals surface area contributed by atoms with Crippen molar-refractivity contribution in [2.24, 2.45) is 0 Å². The van der Waals surface area contributed by atoms with Crippen molar-refractivity contribution in [3.63, 3.8) is 0 Å². The molecule has 1 aliphatic rings. The summed E-state index contributed by atoms with van der Waals surface area (Å²) in [4.78, 5) is 23.1. The van der Waals surface area contributed by atoms with Gasteiger partial charge < -0.3 is 24.6 Å². The van der Waals surface area contributed by atoms with Crippen LogP contribution in [-0.2, 0) is 13.0 Å². The minimum absolute atomic E-state index is 0.0426. The number of para-hydroxylation sites is 1. The Kier molecular flexibility index (Phi) is 8.87. The normalized spacial score (nSPS) is 13.9. The number of hydrogen-bond donors (Lipinski definition) is 1. The van der Waals surface area contributed by atoms with Crippen molar-refractivity contribution >= 4 is 22.6 Å². The Labute approximate surface area is 220 Å². The van der Waals surface area contributed by atoms with E-state index in [1.54, 1.807) is 14.2 Å². The molecule has 198 valence electrons. The number of methoxy groups -OCH3 is 2. The highest BCUT2D eigenvalue weighted by molar-refractivity contribution is 6.07. The van der Waals surface area contributed by atoms with Crippen LogP contribution in [0.4, 0.5) is 5.82 Å². The molecule has 7 heteroatoms. The number of ether oxygens (including phenoxy) is 2. The predicted octanol–water partition coefficient (Wildman–Crippen LogP) is 5.06. The first-order chi connectivity index (χ1) is 18.0. The highest BCUT2D eigenvalue weighted by Gasteiger charge is 2.23. The molecule has 1 atom stereocenters. The third-order valence-electron chi connectivity index (χ3n) is 7.37. The number of nitrogens with zero attached hydrogens (tertiary/aromatic N) is 3. The van der Waals surface area contributed by atoms with Crippen molar-refractivity contribution in [1.82, 2.24) is 15.2 Å². The van der Waals surface area contributed by atoms with Crippen molar-refractivity contribution < 1.29 is 14.3 Å². The summed E-state index contributed by atoms with van der Waals surface area (Å²) in [6.45, 7) is 11.2. The molecule has 7 nitrogen and oxygen atoms in total. The number of pyridine rings is 1. The Morgan fingerprint density at radius 2 is 1.78 bits per heavy atom. The fourth-order valence-corrected chi connectivity index (χ4v) is 5.12. The summed E-state index contributed by atoms with van der Waals surface area (Å²) < 4.78 is 11.0. The van der Waals surface area contributed by atoms with Crippen molar-refractivity contribution in [3.05, 3.63) is 59.2 Å². The van der Waals surface area contributed by atoms with Crippen LogP contribution in [0.15, 0.2) is 42.5 Å². The summed E-state index contributed by atoms with van der Waals surface area (Å²) in [6.07, 6.45) is 2.88. The van der Waals surface area contributed by atoms with Crippen LogP contribution in [0.5, 0.6) is 11.5 Å². The molecule has 0 saturated carbocycles. The highest BCUT2D eigenvalue weighted by Crippen LogP contribution is 2.35. The molecule has 37 heavy (non-hydrogen) atoms. The topological polar surface area (TPSA) is 66.9 Å². The van der Waals surface area contributed by atoms with Crippen LogP contribution < -0.4 is 19.7 Å². The average molecular weight is 505 g/mol. The minimum Gasteiger partial charge on any atom is -0.493 e. The summed E-state index contributed by atoms with van der Waals surface area (Å²) in [7, 11) is 3.32. The Bertz CT molecular complexity index is 1220. The van der Waals surface area contributed by atoms with E-state index in [0.29, 0.717) is 12.1 Å². The molecule has 1 aliphatic heterocycles. The maximum atomic E-state index is 13.5. The largest absolute Gasteiger partial charge is 0.493 e. The second kappa shape index (κ2) is 12.3. The summed E-state index contributed by atoms with van der Waals surface area (Å²) in [5.74, 6) is 2.26. The number of amides is 1. The van der Waals surface area contributed by atoms with Crippen molar-refractivity contribution in [3.8, 4) is 11.5 Å². The molecular weight excluding hydrogens is 464 g/mol. The Balaban J connectivity index is 1.55. The van der Waals surface area contributed by atoms with Gasteiger partial charge in [-0.2, -0.15) is 0 Å². The zero-order valence-electron chi connectivity index (χ0n) is 22.8. The van der Waals surface area contributed by atoms with Gasteiger partial charge in [0.2, 0.25) is 0 Å². The monoisotopic (exact) mass is 504 g/mol. The fourth-order valence-electron chi connectivity index (χ4n) is 5.12. The van der Waals surface area contributed by atoms with Crippen LogP contribution in [0.25, 0.3) is 10.9 Å². The molecule has 1 N–H and O–H groups in total. The molecule has 1 unspecified atom stereocenters. The van der Waals surface area contributed by atoms with E-state index in [9.17, 15) is 4.79 Å². The van der Waals surface area contributed by atoms with E-state index < -0.39 is 0 Å². The zero-order chi connectivity index (χ0) is 26.4. The third kappa shape index (κ3) is 6.16. The van der Waals surface area contributed by atoms with Crippen LogP contribution in [0.1, 0.15) is 55.1 Å². The number of rotatable bonds is 11. The number of carbonyl (C=O) groups excluding carboxylic acids is 1. The Hall–Kier alpha value is -3.32. The first-order valence-electron chi connectivity index (χ1n) is 13.4. The molecule has 0 aliphatic carbocycles. The second-order valence-corrected chi connectivity index (χ2v) is 9.74. The van der Waals surface area contributed by atoms with Gasteiger partial charge in [-0.05, 0) is 81.2 Å². The molecular formula is C30H40N4O3.